The second-order valence-electron chi connectivity index (χ2n) is 4.78. The van der Waals surface area contributed by atoms with Crippen LogP contribution in [0.15, 0.2) is 47.6 Å². The summed E-state index contributed by atoms with van der Waals surface area (Å²) >= 11 is 0. The average Bonchev–Trinajstić information content (AvgIpc) is 2.56. The van der Waals surface area contributed by atoms with Crippen molar-refractivity contribution in [2.75, 3.05) is 0 Å². The lowest BCUT2D eigenvalue weighted by Crippen LogP contribution is -1.99. The summed E-state index contributed by atoms with van der Waals surface area (Å²) in [6, 6.07) is 8.78. The molecule has 17 heavy (non-hydrogen) atoms. The Morgan fingerprint density at radius 3 is 2.71 bits per heavy atom. The molecule has 0 saturated carbocycles. The van der Waals surface area contributed by atoms with Gasteiger partial charge < -0.3 is 0 Å². The first kappa shape index (κ1) is 10.4. The molecule has 0 nitrogen and oxygen atoms in total. The molecule has 0 heterocycles. The topological polar surface area (TPSA) is 0 Å². The van der Waals surface area contributed by atoms with Gasteiger partial charge in [0.1, 0.15) is 0 Å². The molecule has 3 rings (SSSR count). The fourth-order valence-electron chi connectivity index (χ4n) is 3.12. The Bertz CT molecular complexity index is 576. The van der Waals surface area contributed by atoms with Crippen LogP contribution in [-0.4, -0.2) is 0 Å². The zero-order valence-electron chi connectivity index (χ0n) is 10.3. The normalized spacial score (nSPS) is 24.8. The van der Waals surface area contributed by atoms with Gasteiger partial charge in [0.15, 0.2) is 0 Å². The van der Waals surface area contributed by atoms with Gasteiger partial charge in [0, 0.05) is 5.92 Å². The van der Waals surface area contributed by atoms with E-state index in [4.69, 9.17) is 0 Å². The van der Waals surface area contributed by atoms with E-state index in [-0.39, 0.29) is 0 Å². The van der Waals surface area contributed by atoms with Crippen molar-refractivity contribution in [3.63, 3.8) is 0 Å². The highest BCUT2D eigenvalue weighted by molar-refractivity contribution is 5.59. The lowest BCUT2D eigenvalue weighted by Gasteiger charge is -2.14. The number of hydrogen-bond acceptors (Lipinski definition) is 0. The third-order valence-electron chi connectivity index (χ3n) is 3.88. The molecule has 2 atom stereocenters. The maximum absolute atomic E-state index is 3.40. The van der Waals surface area contributed by atoms with Gasteiger partial charge in [-0.1, -0.05) is 49.1 Å². The van der Waals surface area contributed by atoms with Crippen molar-refractivity contribution in [2.45, 2.75) is 32.1 Å². The van der Waals surface area contributed by atoms with Crippen molar-refractivity contribution in [3.8, 4) is 11.8 Å². The van der Waals surface area contributed by atoms with Gasteiger partial charge in [-0.15, -0.1) is 0 Å². The van der Waals surface area contributed by atoms with Crippen molar-refractivity contribution in [1.82, 2.24) is 0 Å². The Morgan fingerprint density at radius 2 is 1.94 bits per heavy atom. The molecule has 84 valence electrons. The predicted octanol–water partition coefficient (Wildman–Crippen LogP) is 4.17. The molecule has 2 unspecified atom stereocenters. The second-order valence-corrected chi connectivity index (χ2v) is 4.78. The summed E-state index contributed by atoms with van der Waals surface area (Å²) in [5.74, 6) is 7.45. The molecule has 0 bridgehead atoms. The quantitative estimate of drug-likeness (QED) is 0.623. The van der Waals surface area contributed by atoms with Gasteiger partial charge in [0.25, 0.3) is 0 Å². The lowest BCUT2D eigenvalue weighted by molar-refractivity contribution is 0.763. The minimum atomic E-state index is 0.325. The molecule has 0 spiro atoms. The Hall–Kier alpha value is -1.74. The Kier molecular flexibility index (Phi) is 2.41. The van der Waals surface area contributed by atoms with Gasteiger partial charge in [0.05, 0.1) is 5.92 Å². The summed E-state index contributed by atoms with van der Waals surface area (Å²) in [5.41, 5.74) is 5.81. The molecule has 0 aromatic heterocycles. The van der Waals surface area contributed by atoms with Gasteiger partial charge in [-0.05, 0) is 41.7 Å². The number of rotatable bonds is 1. The summed E-state index contributed by atoms with van der Waals surface area (Å²) in [5, 5.41) is 0. The second kappa shape index (κ2) is 3.93. The van der Waals surface area contributed by atoms with Gasteiger partial charge >= 0.3 is 0 Å². The van der Waals surface area contributed by atoms with Crippen molar-refractivity contribution in [2.24, 2.45) is 0 Å². The number of allylic oxidation sites excluding steroid dienone is 4. The number of benzene rings is 1. The van der Waals surface area contributed by atoms with Crippen LogP contribution in [0.4, 0.5) is 0 Å². The fourth-order valence-corrected chi connectivity index (χ4v) is 3.12. The van der Waals surface area contributed by atoms with Crippen molar-refractivity contribution < 1.29 is 0 Å². The monoisotopic (exact) mass is 220 g/mol. The molecule has 2 aliphatic rings. The molecule has 0 saturated heterocycles. The van der Waals surface area contributed by atoms with Gasteiger partial charge in [-0.3, -0.25) is 0 Å². The molecule has 0 radical (unpaired) electrons. The first-order valence-electron chi connectivity index (χ1n) is 6.30. The fraction of sp³-hybridized carbons (Fsp3) is 0.294. The Morgan fingerprint density at radius 1 is 1.18 bits per heavy atom. The zero-order chi connectivity index (χ0) is 11.8. The van der Waals surface area contributed by atoms with Gasteiger partial charge in [-0.25, -0.2) is 0 Å². The molecule has 0 N–H and O–H groups in total. The predicted molar refractivity (Wildman–Crippen MR) is 71.8 cm³/mol. The first-order valence-corrected chi connectivity index (χ1v) is 6.30. The van der Waals surface area contributed by atoms with E-state index in [0.29, 0.717) is 11.8 Å². The summed E-state index contributed by atoms with van der Waals surface area (Å²) in [4.78, 5) is 0. The lowest BCUT2D eigenvalue weighted by atomic mass is 9.89. The smallest absolute Gasteiger partial charge is 0.0680 e. The van der Waals surface area contributed by atoms with E-state index in [1.165, 1.54) is 22.3 Å². The summed E-state index contributed by atoms with van der Waals surface area (Å²) in [7, 11) is 0. The minimum Gasteiger partial charge on any atom is -0.0858 e. The molecule has 0 heteroatoms. The van der Waals surface area contributed by atoms with E-state index in [2.05, 4.69) is 56.0 Å². The van der Waals surface area contributed by atoms with Crippen LogP contribution in [0.25, 0.3) is 0 Å². The van der Waals surface area contributed by atoms with E-state index >= 15 is 0 Å². The average molecular weight is 220 g/mol. The maximum Gasteiger partial charge on any atom is 0.0680 e. The van der Waals surface area contributed by atoms with Crippen LogP contribution in [0, 0.1) is 11.8 Å². The van der Waals surface area contributed by atoms with Crippen molar-refractivity contribution in [1.29, 1.82) is 0 Å². The van der Waals surface area contributed by atoms with E-state index in [1.54, 1.807) is 0 Å². The van der Waals surface area contributed by atoms with Crippen LogP contribution in [0.1, 0.15) is 43.2 Å². The van der Waals surface area contributed by atoms with Crippen LogP contribution in [0.2, 0.25) is 0 Å². The number of hydrogen-bond donors (Lipinski definition) is 0. The zero-order valence-corrected chi connectivity index (χ0v) is 10.3. The molecule has 1 aromatic rings. The molecular formula is C17H16. The highest BCUT2D eigenvalue weighted by atomic mass is 14.4. The minimum absolute atomic E-state index is 0.325. The maximum atomic E-state index is 3.40. The van der Waals surface area contributed by atoms with Crippen LogP contribution in [-0.2, 0) is 0 Å². The molecular weight excluding hydrogens is 204 g/mol. The summed E-state index contributed by atoms with van der Waals surface area (Å²) in [6.07, 6.45) is 5.31. The standard InChI is InChI=1S/C17H16/c1-3-13-14-9-6-7-10-15(14)16-11-5-4-8-12(2)17(13)16/h4,6-10,13,16H,3H2,1-2H3. The van der Waals surface area contributed by atoms with Crippen molar-refractivity contribution in [3.05, 3.63) is 58.7 Å². The highest BCUT2D eigenvalue weighted by Gasteiger charge is 2.34. The highest BCUT2D eigenvalue weighted by Crippen LogP contribution is 2.49. The van der Waals surface area contributed by atoms with Crippen LogP contribution in [0.3, 0.4) is 0 Å². The van der Waals surface area contributed by atoms with Crippen molar-refractivity contribution >= 4 is 0 Å². The van der Waals surface area contributed by atoms with Crippen LogP contribution >= 0.6 is 0 Å². The van der Waals surface area contributed by atoms with Gasteiger partial charge in [0.2, 0.25) is 0 Å². The summed E-state index contributed by atoms with van der Waals surface area (Å²) < 4.78 is 0. The van der Waals surface area contributed by atoms with Gasteiger partial charge in [-0.2, -0.15) is 0 Å². The molecule has 0 fully saturated rings. The Labute approximate surface area is 103 Å². The van der Waals surface area contributed by atoms with Crippen LogP contribution < -0.4 is 0 Å². The third kappa shape index (κ3) is 1.46. The SMILES string of the molecule is CCC1C2=C(C)C=CC#CC2c2ccccc21. The van der Waals surface area contributed by atoms with E-state index in [1.807, 2.05) is 6.08 Å². The van der Waals surface area contributed by atoms with E-state index < -0.39 is 0 Å². The largest absolute Gasteiger partial charge is 0.0858 e. The Balaban J connectivity index is 2.26. The van der Waals surface area contributed by atoms with E-state index in [0.717, 1.165) is 6.42 Å². The first-order chi connectivity index (χ1) is 8.33. The third-order valence-corrected chi connectivity index (χ3v) is 3.88. The molecule has 0 aliphatic heterocycles. The van der Waals surface area contributed by atoms with E-state index in [9.17, 15) is 0 Å². The molecule has 1 aromatic carbocycles. The van der Waals surface area contributed by atoms with Crippen LogP contribution in [0.5, 0.6) is 0 Å². The summed E-state index contributed by atoms with van der Waals surface area (Å²) in [6.45, 7) is 4.48. The molecule has 0 amide bonds. The number of fused-ring (bicyclic) bond motifs is 3. The molecule has 2 aliphatic carbocycles.